The normalized spacial score (nSPS) is 15.3. The molecule has 1 atom stereocenters. The maximum Gasteiger partial charge on any atom is 0.416 e. The molecular formula is C26H20F3N5O2. The molecule has 36 heavy (non-hydrogen) atoms. The van der Waals surface area contributed by atoms with E-state index in [9.17, 15) is 18.0 Å². The average Bonchev–Trinajstić information content (AvgIpc) is 3.35. The van der Waals surface area contributed by atoms with Gasteiger partial charge in [0.2, 0.25) is 5.95 Å². The Morgan fingerprint density at radius 3 is 2.56 bits per heavy atom. The number of rotatable bonds is 5. The van der Waals surface area contributed by atoms with E-state index < -0.39 is 23.8 Å². The molecule has 0 saturated carbocycles. The summed E-state index contributed by atoms with van der Waals surface area (Å²) in [5, 5.41) is 14.8. The fraction of sp³-hybridized carbons (Fsp3) is 0.154. The van der Waals surface area contributed by atoms with Crippen molar-refractivity contribution in [1.82, 2.24) is 20.2 Å². The first-order chi connectivity index (χ1) is 17.3. The Labute approximate surface area is 204 Å². The SMILES string of the molecule is CC1=C(C(=O)OCc2ccccc2)C(c2ccccc2-c2cccc(C(F)(F)F)c2)n2nnnc2N1. The van der Waals surface area contributed by atoms with E-state index in [-0.39, 0.29) is 12.2 Å². The predicted molar refractivity (Wildman–Crippen MR) is 125 cm³/mol. The van der Waals surface area contributed by atoms with Crippen LogP contribution in [0.1, 0.15) is 29.7 Å². The van der Waals surface area contributed by atoms with Crippen molar-refractivity contribution in [2.24, 2.45) is 0 Å². The molecule has 182 valence electrons. The second kappa shape index (κ2) is 9.29. The Hall–Kier alpha value is -4.47. The first-order valence-electron chi connectivity index (χ1n) is 11.1. The van der Waals surface area contributed by atoms with Crippen molar-refractivity contribution in [1.29, 1.82) is 0 Å². The zero-order valence-electron chi connectivity index (χ0n) is 19.0. The highest BCUT2D eigenvalue weighted by atomic mass is 19.4. The van der Waals surface area contributed by atoms with Crippen LogP contribution < -0.4 is 5.32 Å². The number of tetrazole rings is 1. The zero-order chi connectivity index (χ0) is 25.3. The Bertz CT molecular complexity index is 1450. The molecule has 4 aromatic rings. The summed E-state index contributed by atoms with van der Waals surface area (Å²) >= 11 is 0. The average molecular weight is 491 g/mol. The van der Waals surface area contributed by atoms with Crippen LogP contribution >= 0.6 is 0 Å². The summed E-state index contributed by atoms with van der Waals surface area (Å²) in [5.41, 5.74) is 2.21. The largest absolute Gasteiger partial charge is 0.457 e. The van der Waals surface area contributed by atoms with Gasteiger partial charge in [0.25, 0.3) is 0 Å². The smallest absolute Gasteiger partial charge is 0.416 e. The summed E-state index contributed by atoms with van der Waals surface area (Å²) in [6.45, 7) is 1.76. The van der Waals surface area contributed by atoms with Crippen molar-refractivity contribution < 1.29 is 22.7 Å². The molecule has 1 N–H and O–H groups in total. The topological polar surface area (TPSA) is 81.9 Å². The van der Waals surface area contributed by atoms with Crippen molar-refractivity contribution in [3.63, 3.8) is 0 Å². The third-order valence-corrected chi connectivity index (χ3v) is 5.90. The molecule has 0 saturated heterocycles. The van der Waals surface area contributed by atoms with Crippen molar-refractivity contribution >= 4 is 11.9 Å². The molecule has 1 unspecified atom stereocenters. The number of hydrogen-bond acceptors (Lipinski definition) is 6. The number of nitrogens with zero attached hydrogens (tertiary/aromatic N) is 4. The van der Waals surface area contributed by atoms with Gasteiger partial charge >= 0.3 is 12.1 Å². The minimum absolute atomic E-state index is 0.0565. The van der Waals surface area contributed by atoms with Crippen LogP contribution in [0.2, 0.25) is 0 Å². The fourth-order valence-corrected chi connectivity index (χ4v) is 4.23. The van der Waals surface area contributed by atoms with Crippen LogP contribution in [-0.2, 0) is 22.3 Å². The van der Waals surface area contributed by atoms with Crippen molar-refractivity contribution in [3.05, 3.63) is 107 Å². The molecule has 0 amide bonds. The highest BCUT2D eigenvalue weighted by Gasteiger charge is 2.37. The molecule has 7 nitrogen and oxygen atoms in total. The summed E-state index contributed by atoms with van der Waals surface area (Å²) in [4.78, 5) is 13.4. The van der Waals surface area contributed by atoms with Gasteiger partial charge < -0.3 is 10.1 Å². The van der Waals surface area contributed by atoms with Crippen LogP contribution in [0.25, 0.3) is 11.1 Å². The molecule has 5 rings (SSSR count). The Morgan fingerprint density at radius 1 is 1.03 bits per heavy atom. The van der Waals surface area contributed by atoms with Crippen molar-refractivity contribution in [2.75, 3.05) is 5.32 Å². The van der Waals surface area contributed by atoms with E-state index in [0.29, 0.717) is 28.3 Å². The Kier molecular flexibility index (Phi) is 6.01. The minimum atomic E-state index is -4.49. The molecule has 2 heterocycles. The van der Waals surface area contributed by atoms with Crippen LogP contribution in [0.15, 0.2) is 90.1 Å². The van der Waals surface area contributed by atoms with Crippen molar-refractivity contribution in [2.45, 2.75) is 25.7 Å². The first kappa shape index (κ1) is 23.3. The lowest BCUT2D eigenvalue weighted by molar-refractivity contribution is -0.141. The van der Waals surface area contributed by atoms with Gasteiger partial charge in [-0.25, -0.2) is 4.79 Å². The number of aromatic nitrogens is 4. The molecule has 0 spiro atoms. The van der Waals surface area contributed by atoms with Gasteiger partial charge in [-0.15, -0.1) is 0 Å². The molecule has 1 aromatic heterocycles. The van der Waals surface area contributed by atoms with Gasteiger partial charge in [0.1, 0.15) is 12.6 Å². The maximum atomic E-state index is 13.4. The van der Waals surface area contributed by atoms with E-state index in [0.717, 1.165) is 17.7 Å². The predicted octanol–water partition coefficient (Wildman–Crippen LogP) is 5.39. The standard InChI is InChI=1S/C26H20F3N5O2/c1-16-22(24(35)36-15-17-8-3-2-4-9-17)23(34-25(30-16)31-32-33-34)21-13-6-5-12-20(21)18-10-7-11-19(14-18)26(27,28)29/h2-14,23H,15H2,1H3,(H,30,31,33). The van der Waals surface area contributed by atoms with Crippen molar-refractivity contribution in [3.8, 4) is 11.1 Å². The lowest BCUT2D eigenvalue weighted by atomic mass is 9.89. The zero-order valence-corrected chi connectivity index (χ0v) is 19.0. The molecule has 0 aliphatic carbocycles. The van der Waals surface area contributed by atoms with Gasteiger partial charge in [-0.05, 0) is 51.7 Å². The number of carbonyl (C=O) groups excluding carboxylic acids is 1. The highest BCUT2D eigenvalue weighted by Crippen LogP contribution is 2.40. The molecule has 1 aliphatic rings. The van der Waals surface area contributed by atoms with Gasteiger partial charge in [-0.1, -0.05) is 71.8 Å². The maximum absolute atomic E-state index is 13.4. The molecular weight excluding hydrogens is 471 g/mol. The number of allylic oxidation sites excluding steroid dienone is 1. The quantitative estimate of drug-likeness (QED) is 0.377. The molecule has 10 heteroatoms. The summed E-state index contributed by atoms with van der Waals surface area (Å²) in [7, 11) is 0. The van der Waals surface area contributed by atoms with Crippen LogP contribution in [-0.4, -0.2) is 26.2 Å². The van der Waals surface area contributed by atoms with Crippen LogP contribution in [0, 0.1) is 0 Å². The van der Waals surface area contributed by atoms with Crippen LogP contribution in [0.3, 0.4) is 0 Å². The first-order valence-corrected chi connectivity index (χ1v) is 11.1. The molecule has 0 radical (unpaired) electrons. The monoisotopic (exact) mass is 491 g/mol. The minimum Gasteiger partial charge on any atom is -0.457 e. The number of esters is 1. The lowest BCUT2D eigenvalue weighted by Crippen LogP contribution is -2.30. The van der Waals surface area contributed by atoms with Gasteiger partial charge in [0.05, 0.1) is 11.1 Å². The lowest BCUT2D eigenvalue weighted by Gasteiger charge is -2.29. The number of fused-ring (bicyclic) bond motifs is 1. The third-order valence-electron chi connectivity index (χ3n) is 5.90. The molecule has 0 bridgehead atoms. The number of carbonyl (C=O) groups is 1. The van der Waals surface area contributed by atoms with Crippen LogP contribution in [0.4, 0.5) is 19.1 Å². The number of alkyl halides is 3. The van der Waals surface area contributed by atoms with E-state index in [4.69, 9.17) is 4.74 Å². The number of anilines is 1. The molecule has 0 fully saturated rings. The number of halogens is 3. The van der Waals surface area contributed by atoms with E-state index >= 15 is 0 Å². The summed E-state index contributed by atoms with van der Waals surface area (Å²) in [6, 6.07) is 20.4. The van der Waals surface area contributed by atoms with Gasteiger partial charge in [0, 0.05) is 5.70 Å². The van der Waals surface area contributed by atoms with E-state index in [1.165, 1.54) is 10.7 Å². The number of benzene rings is 3. The van der Waals surface area contributed by atoms with Gasteiger partial charge in [-0.3, -0.25) is 0 Å². The summed E-state index contributed by atoms with van der Waals surface area (Å²) in [5.74, 6) is -0.287. The third kappa shape index (κ3) is 4.45. The second-order valence-electron chi connectivity index (χ2n) is 8.24. The van der Waals surface area contributed by atoms with E-state index in [1.807, 2.05) is 30.3 Å². The van der Waals surface area contributed by atoms with E-state index in [2.05, 4.69) is 20.8 Å². The Morgan fingerprint density at radius 2 is 1.78 bits per heavy atom. The number of hydrogen-bond donors (Lipinski definition) is 1. The highest BCUT2D eigenvalue weighted by molar-refractivity contribution is 5.93. The fourth-order valence-electron chi connectivity index (χ4n) is 4.23. The number of nitrogens with one attached hydrogen (secondary N) is 1. The Balaban J connectivity index is 1.59. The molecule has 1 aliphatic heterocycles. The van der Waals surface area contributed by atoms with E-state index in [1.54, 1.807) is 37.3 Å². The summed E-state index contributed by atoms with van der Waals surface area (Å²) < 4.78 is 47.3. The number of ether oxygens (including phenoxy) is 1. The molecule has 3 aromatic carbocycles. The van der Waals surface area contributed by atoms with Crippen LogP contribution in [0.5, 0.6) is 0 Å². The second-order valence-corrected chi connectivity index (χ2v) is 8.24. The van der Waals surface area contributed by atoms with Gasteiger partial charge in [0.15, 0.2) is 0 Å². The van der Waals surface area contributed by atoms with Gasteiger partial charge in [-0.2, -0.15) is 17.9 Å². The summed E-state index contributed by atoms with van der Waals surface area (Å²) in [6.07, 6.45) is -4.49.